The fraction of sp³-hybridized carbons (Fsp3) is 0.421. The third-order valence-corrected chi connectivity index (χ3v) is 4.65. The van der Waals surface area contributed by atoms with Gasteiger partial charge in [-0.15, -0.1) is 0 Å². The second kappa shape index (κ2) is 9.52. The van der Waals surface area contributed by atoms with Crippen molar-refractivity contribution < 1.29 is 13.9 Å². The van der Waals surface area contributed by atoms with Crippen LogP contribution in [0.1, 0.15) is 23.4 Å². The summed E-state index contributed by atoms with van der Waals surface area (Å²) >= 11 is 1.51. The highest BCUT2D eigenvalue weighted by Gasteiger charge is 2.13. The van der Waals surface area contributed by atoms with Crippen LogP contribution in [0.25, 0.3) is 0 Å². The molecule has 0 fully saturated rings. The van der Waals surface area contributed by atoms with Crippen molar-refractivity contribution in [2.75, 3.05) is 26.5 Å². The van der Waals surface area contributed by atoms with Gasteiger partial charge in [-0.05, 0) is 56.4 Å². The second-order valence-corrected chi connectivity index (χ2v) is 6.75. The minimum atomic E-state index is -0.301. The van der Waals surface area contributed by atoms with E-state index in [1.807, 2.05) is 20.1 Å². The van der Waals surface area contributed by atoms with Crippen LogP contribution < -0.4 is 4.74 Å². The molecule has 7 heteroatoms. The Morgan fingerprint density at radius 2 is 1.81 bits per heavy atom. The van der Waals surface area contributed by atoms with E-state index in [0.717, 1.165) is 22.1 Å². The maximum absolute atomic E-state index is 12.8. The SMILES string of the molecule is CSc1nc(C)c(CCC(=O)N(C)CCOc2ccc(F)cc2)c(C)n1. The maximum Gasteiger partial charge on any atom is 0.222 e. The summed E-state index contributed by atoms with van der Waals surface area (Å²) in [5, 5.41) is 0.755. The van der Waals surface area contributed by atoms with Crippen LogP contribution in [0.5, 0.6) is 5.75 Å². The van der Waals surface area contributed by atoms with Crippen LogP contribution in [0.2, 0.25) is 0 Å². The van der Waals surface area contributed by atoms with Gasteiger partial charge in [-0.2, -0.15) is 0 Å². The average Bonchev–Trinajstić information content (AvgIpc) is 2.62. The molecule has 2 rings (SSSR count). The summed E-state index contributed by atoms with van der Waals surface area (Å²) in [4.78, 5) is 22.9. The summed E-state index contributed by atoms with van der Waals surface area (Å²) in [6.45, 7) is 4.73. The lowest BCUT2D eigenvalue weighted by atomic mass is 10.1. The number of carbonyl (C=O) groups excluding carboxylic acids is 1. The molecule has 1 aromatic carbocycles. The van der Waals surface area contributed by atoms with Crippen LogP contribution >= 0.6 is 11.8 Å². The predicted octanol–water partition coefficient (Wildman–Crippen LogP) is 3.42. The molecule has 0 atom stereocenters. The third kappa shape index (κ3) is 5.69. The van der Waals surface area contributed by atoms with Gasteiger partial charge in [0.2, 0.25) is 5.91 Å². The van der Waals surface area contributed by atoms with Crippen LogP contribution in [0.4, 0.5) is 4.39 Å². The first-order valence-corrected chi connectivity index (χ1v) is 9.63. The lowest BCUT2D eigenvalue weighted by Gasteiger charge is -2.18. The molecule has 0 aliphatic carbocycles. The molecule has 0 radical (unpaired) electrons. The monoisotopic (exact) mass is 377 g/mol. The van der Waals surface area contributed by atoms with Gasteiger partial charge in [-0.25, -0.2) is 14.4 Å². The van der Waals surface area contributed by atoms with Crippen molar-refractivity contribution in [1.82, 2.24) is 14.9 Å². The number of aromatic nitrogens is 2. The minimum Gasteiger partial charge on any atom is -0.492 e. The molecule has 0 aliphatic heterocycles. The number of hydrogen-bond acceptors (Lipinski definition) is 5. The quantitative estimate of drug-likeness (QED) is 0.521. The van der Waals surface area contributed by atoms with Gasteiger partial charge in [0.05, 0.1) is 6.54 Å². The normalized spacial score (nSPS) is 10.7. The van der Waals surface area contributed by atoms with Crippen LogP contribution in [-0.2, 0) is 11.2 Å². The van der Waals surface area contributed by atoms with Crippen LogP contribution in [0.3, 0.4) is 0 Å². The lowest BCUT2D eigenvalue weighted by Crippen LogP contribution is -2.31. The number of benzene rings is 1. The highest BCUT2D eigenvalue weighted by Crippen LogP contribution is 2.17. The van der Waals surface area contributed by atoms with Crippen molar-refractivity contribution in [2.45, 2.75) is 31.8 Å². The molecule has 1 amide bonds. The van der Waals surface area contributed by atoms with E-state index in [4.69, 9.17) is 4.74 Å². The van der Waals surface area contributed by atoms with E-state index >= 15 is 0 Å². The Morgan fingerprint density at radius 3 is 2.38 bits per heavy atom. The summed E-state index contributed by atoms with van der Waals surface area (Å²) in [6.07, 6.45) is 2.96. The van der Waals surface area contributed by atoms with Gasteiger partial charge in [0.1, 0.15) is 18.2 Å². The predicted molar refractivity (Wildman–Crippen MR) is 101 cm³/mol. The van der Waals surface area contributed by atoms with Crippen LogP contribution in [0, 0.1) is 19.7 Å². The molecule has 0 spiro atoms. The number of hydrogen-bond donors (Lipinski definition) is 0. The van der Waals surface area contributed by atoms with E-state index in [1.54, 1.807) is 24.1 Å². The molecule has 0 unspecified atom stereocenters. The molecule has 0 saturated heterocycles. The van der Waals surface area contributed by atoms with E-state index in [0.29, 0.717) is 31.7 Å². The number of thioether (sulfide) groups is 1. The topological polar surface area (TPSA) is 55.3 Å². The molecule has 1 aromatic heterocycles. The summed E-state index contributed by atoms with van der Waals surface area (Å²) < 4.78 is 18.4. The Kier molecular flexibility index (Phi) is 7.38. The Morgan fingerprint density at radius 1 is 1.19 bits per heavy atom. The third-order valence-electron chi connectivity index (χ3n) is 4.11. The first kappa shape index (κ1) is 20.2. The molecule has 2 aromatic rings. The second-order valence-electron chi connectivity index (χ2n) is 5.98. The Balaban J connectivity index is 1.81. The van der Waals surface area contributed by atoms with Gasteiger partial charge in [-0.3, -0.25) is 4.79 Å². The van der Waals surface area contributed by atoms with Crippen LogP contribution in [-0.4, -0.2) is 47.2 Å². The molecule has 1 heterocycles. The highest BCUT2D eigenvalue weighted by molar-refractivity contribution is 7.98. The number of likely N-dealkylation sites (N-methyl/N-ethyl adjacent to an activating group) is 1. The molecular weight excluding hydrogens is 353 g/mol. The number of nitrogens with zero attached hydrogens (tertiary/aromatic N) is 3. The van der Waals surface area contributed by atoms with Gasteiger partial charge in [-0.1, -0.05) is 11.8 Å². The standard InChI is InChI=1S/C19H24FN3O2S/c1-13-17(14(2)22-19(21-13)26-4)9-10-18(24)23(3)11-12-25-16-7-5-15(20)6-8-16/h5-8H,9-12H2,1-4H3. The summed E-state index contributed by atoms with van der Waals surface area (Å²) in [6, 6.07) is 5.83. The molecule has 0 saturated carbocycles. The van der Waals surface area contributed by atoms with Gasteiger partial charge >= 0.3 is 0 Å². The van der Waals surface area contributed by atoms with Crippen LogP contribution in [0.15, 0.2) is 29.4 Å². The van der Waals surface area contributed by atoms with Crippen molar-refractivity contribution in [1.29, 1.82) is 0 Å². The Hall–Kier alpha value is -2.15. The average molecular weight is 377 g/mol. The smallest absolute Gasteiger partial charge is 0.222 e. The van der Waals surface area contributed by atoms with E-state index in [9.17, 15) is 9.18 Å². The summed E-state index contributed by atoms with van der Waals surface area (Å²) in [7, 11) is 1.75. The highest BCUT2D eigenvalue weighted by atomic mass is 32.2. The van der Waals surface area contributed by atoms with E-state index < -0.39 is 0 Å². The number of halogens is 1. The van der Waals surface area contributed by atoms with Crippen molar-refractivity contribution in [3.8, 4) is 5.75 Å². The zero-order valence-corrected chi connectivity index (χ0v) is 16.4. The number of rotatable bonds is 8. The molecule has 0 N–H and O–H groups in total. The lowest BCUT2D eigenvalue weighted by molar-refractivity contribution is -0.130. The van der Waals surface area contributed by atoms with Crippen molar-refractivity contribution in [2.24, 2.45) is 0 Å². The number of ether oxygens (including phenoxy) is 1. The van der Waals surface area contributed by atoms with Crippen molar-refractivity contribution in [3.63, 3.8) is 0 Å². The number of aryl methyl sites for hydroxylation is 2. The van der Waals surface area contributed by atoms with Crippen molar-refractivity contribution >= 4 is 17.7 Å². The minimum absolute atomic E-state index is 0.0421. The molecule has 140 valence electrons. The molecule has 0 aliphatic rings. The summed E-state index contributed by atoms with van der Waals surface area (Å²) in [5.41, 5.74) is 2.89. The maximum atomic E-state index is 12.8. The number of amides is 1. The van der Waals surface area contributed by atoms with E-state index in [2.05, 4.69) is 9.97 Å². The van der Waals surface area contributed by atoms with Gasteiger partial charge < -0.3 is 9.64 Å². The molecule has 5 nitrogen and oxygen atoms in total. The first-order chi connectivity index (χ1) is 12.4. The zero-order valence-electron chi connectivity index (χ0n) is 15.6. The van der Waals surface area contributed by atoms with E-state index in [1.165, 1.54) is 23.9 Å². The first-order valence-electron chi connectivity index (χ1n) is 8.41. The van der Waals surface area contributed by atoms with Gasteiger partial charge in [0, 0.05) is 24.9 Å². The van der Waals surface area contributed by atoms with E-state index in [-0.39, 0.29) is 11.7 Å². The summed E-state index contributed by atoms with van der Waals surface area (Å²) in [5.74, 6) is 0.328. The molecule has 0 bridgehead atoms. The zero-order chi connectivity index (χ0) is 19.1. The Labute approximate surface area is 158 Å². The molecular formula is C19H24FN3O2S. The molecule has 26 heavy (non-hydrogen) atoms. The fourth-order valence-electron chi connectivity index (χ4n) is 2.54. The van der Waals surface area contributed by atoms with Gasteiger partial charge in [0.25, 0.3) is 0 Å². The number of carbonyl (C=O) groups is 1. The Bertz CT molecular complexity index is 730. The van der Waals surface area contributed by atoms with Gasteiger partial charge in [0.15, 0.2) is 5.16 Å². The van der Waals surface area contributed by atoms with Crippen molar-refractivity contribution in [3.05, 3.63) is 47.0 Å². The largest absolute Gasteiger partial charge is 0.492 e. The fourth-order valence-corrected chi connectivity index (χ4v) is 3.00.